The average Bonchev–Trinajstić information content (AvgIpc) is 3.03. The van der Waals surface area contributed by atoms with E-state index in [9.17, 15) is 18.3 Å². The number of likely N-dealkylation sites (tertiary alicyclic amines) is 1. The van der Waals surface area contributed by atoms with Gasteiger partial charge >= 0.3 is 0 Å². The maximum absolute atomic E-state index is 12.7. The molecule has 0 spiro atoms. The Kier molecular flexibility index (Phi) is 8.52. The van der Waals surface area contributed by atoms with Gasteiger partial charge in [0.15, 0.2) is 0 Å². The molecule has 12 heteroatoms. The smallest absolute Gasteiger partial charge is 0.274 e. The summed E-state index contributed by atoms with van der Waals surface area (Å²) in [6.07, 6.45) is 1.67. The minimum Gasteiger partial charge on any atom is -0.391 e. The molecule has 0 radical (unpaired) electrons. The number of carbonyl (C=O) groups excluding carboxylic acids is 1. The van der Waals surface area contributed by atoms with Gasteiger partial charge in [-0.1, -0.05) is 0 Å². The molecule has 0 aromatic carbocycles. The lowest BCUT2D eigenvalue weighted by atomic mass is 10.1. The molecular formula is C15H27Cl2N5O4S. The van der Waals surface area contributed by atoms with Crippen LogP contribution in [0.2, 0.25) is 0 Å². The van der Waals surface area contributed by atoms with Crippen LogP contribution in [0.3, 0.4) is 0 Å². The summed E-state index contributed by atoms with van der Waals surface area (Å²) in [5, 5.41) is 13.5. The number of aliphatic hydroxyl groups excluding tert-OH is 1. The number of hydrogen-bond donors (Lipinski definition) is 2. The van der Waals surface area contributed by atoms with Crippen molar-refractivity contribution in [2.24, 2.45) is 5.92 Å². The summed E-state index contributed by atoms with van der Waals surface area (Å²) in [5.41, 5.74) is 0.361. The summed E-state index contributed by atoms with van der Waals surface area (Å²) < 4.78 is 27.2. The van der Waals surface area contributed by atoms with E-state index in [2.05, 4.69) is 10.3 Å². The zero-order valence-corrected chi connectivity index (χ0v) is 17.8. The maximum atomic E-state index is 12.7. The molecule has 2 N–H and O–H groups in total. The molecular weight excluding hydrogens is 417 g/mol. The fourth-order valence-corrected chi connectivity index (χ4v) is 4.41. The standard InChI is InChI=1S/C15H25N5O4S.2ClH/c1-18(2)25(23,24)10-11-7-20(9-13(11)21)15(22)12-8-19-6-5-16-4-3-14(19)17-12;;/h8,11,13,16,21H,3-7,9-10H2,1-2H3;2*1H/t11-,13+;;/m0../s1. The van der Waals surface area contributed by atoms with Crippen molar-refractivity contribution in [1.29, 1.82) is 0 Å². The molecule has 1 saturated heterocycles. The molecule has 156 valence electrons. The Hall–Kier alpha value is -0.910. The van der Waals surface area contributed by atoms with Gasteiger partial charge in [-0.25, -0.2) is 17.7 Å². The lowest BCUT2D eigenvalue weighted by Crippen LogP contribution is -2.33. The zero-order chi connectivity index (χ0) is 18.2. The first kappa shape index (κ1) is 24.1. The van der Waals surface area contributed by atoms with Crippen LogP contribution in [0, 0.1) is 5.92 Å². The van der Waals surface area contributed by atoms with Crippen molar-refractivity contribution >= 4 is 40.7 Å². The van der Waals surface area contributed by atoms with Gasteiger partial charge in [-0.3, -0.25) is 4.79 Å². The highest BCUT2D eigenvalue weighted by molar-refractivity contribution is 7.89. The van der Waals surface area contributed by atoms with Gasteiger partial charge in [-0.2, -0.15) is 0 Å². The first-order valence-corrected chi connectivity index (χ1v) is 10.0. The molecule has 1 amide bonds. The number of aromatic nitrogens is 2. The predicted molar refractivity (Wildman–Crippen MR) is 106 cm³/mol. The van der Waals surface area contributed by atoms with E-state index in [0.717, 1.165) is 36.2 Å². The fourth-order valence-electron chi connectivity index (χ4n) is 3.24. The summed E-state index contributed by atoms with van der Waals surface area (Å²) in [7, 11) is -0.496. The monoisotopic (exact) mass is 443 g/mol. The van der Waals surface area contributed by atoms with Crippen LogP contribution in [0.25, 0.3) is 0 Å². The zero-order valence-electron chi connectivity index (χ0n) is 15.4. The van der Waals surface area contributed by atoms with Gasteiger partial charge in [0.2, 0.25) is 10.0 Å². The minimum absolute atomic E-state index is 0. The lowest BCUT2D eigenvalue weighted by molar-refractivity contribution is 0.0759. The molecule has 3 heterocycles. The topological polar surface area (TPSA) is 108 Å². The van der Waals surface area contributed by atoms with E-state index in [0.29, 0.717) is 5.69 Å². The van der Waals surface area contributed by atoms with Crippen molar-refractivity contribution in [3.63, 3.8) is 0 Å². The van der Waals surface area contributed by atoms with E-state index in [-0.39, 0.29) is 49.6 Å². The number of carbonyl (C=O) groups is 1. The number of halogens is 2. The highest BCUT2D eigenvalue weighted by Gasteiger charge is 2.38. The van der Waals surface area contributed by atoms with Crippen LogP contribution >= 0.6 is 24.8 Å². The van der Waals surface area contributed by atoms with Crippen LogP contribution in [0.4, 0.5) is 0 Å². The molecule has 2 atom stereocenters. The Labute approximate surface area is 172 Å². The van der Waals surface area contributed by atoms with Crippen molar-refractivity contribution < 1.29 is 18.3 Å². The second kappa shape index (κ2) is 9.53. The van der Waals surface area contributed by atoms with Gasteiger partial charge in [-0.05, 0) is 0 Å². The number of β-amino-alcohol motifs (C(OH)–C–C–N with tert-alkyl or cyclic N) is 1. The third kappa shape index (κ3) is 5.33. The first-order valence-electron chi connectivity index (χ1n) is 8.42. The number of hydrogen-bond acceptors (Lipinski definition) is 6. The second-order valence-electron chi connectivity index (χ2n) is 6.83. The quantitative estimate of drug-likeness (QED) is 0.630. The highest BCUT2D eigenvalue weighted by Crippen LogP contribution is 2.22. The van der Waals surface area contributed by atoms with Gasteiger partial charge in [0.05, 0.1) is 11.9 Å². The van der Waals surface area contributed by atoms with Crippen LogP contribution in [-0.2, 0) is 23.0 Å². The minimum atomic E-state index is -3.43. The van der Waals surface area contributed by atoms with E-state index >= 15 is 0 Å². The Morgan fingerprint density at radius 1 is 1.33 bits per heavy atom. The molecule has 2 aliphatic rings. The molecule has 2 aliphatic heterocycles. The van der Waals surface area contributed by atoms with Crippen molar-refractivity contribution in [2.45, 2.75) is 19.1 Å². The number of aliphatic hydroxyl groups is 1. The van der Waals surface area contributed by atoms with Crippen LogP contribution in [0.15, 0.2) is 6.20 Å². The maximum Gasteiger partial charge on any atom is 0.274 e. The number of rotatable bonds is 4. The predicted octanol–water partition coefficient (Wildman–Crippen LogP) is -0.803. The summed E-state index contributed by atoms with van der Waals surface area (Å²) in [4.78, 5) is 18.6. The van der Waals surface area contributed by atoms with Crippen LogP contribution < -0.4 is 5.32 Å². The van der Waals surface area contributed by atoms with Crippen molar-refractivity contribution in [2.75, 3.05) is 46.0 Å². The van der Waals surface area contributed by atoms with Gasteiger partial charge in [0.25, 0.3) is 5.91 Å². The number of imidazole rings is 1. The van der Waals surface area contributed by atoms with Gasteiger partial charge in [0.1, 0.15) is 11.5 Å². The summed E-state index contributed by atoms with van der Waals surface area (Å²) in [6.45, 7) is 2.79. The number of fused-ring (bicyclic) bond motifs is 1. The number of nitrogens with zero attached hydrogens (tertiary/aromatic N) is 4. The Morgan fingerprint density at radius 3 is 2.70 bits per heavy atom. The van der Waals surface area contributed by atoms with E-state index in [1.807, 2.05) is 4.57 Å². The van der Waals surface area contributed by atoms with Crippen LogP contribution in [0.1, 0.15) is 16.3 Å². The van der Waals surface area contributed by atoms with E-state index in [4.69, 9.17) is 0 Å². The largest absolute Gasteiger partial charge is 0.391 e. The number of sulfonamides is 1. The molecule has 0 aliphatic carbocycles. The van der Waals surface area contributed by atoms with Crippen LogP contribution in [0.5, 0.6) is 0 Å². The summed E-state index contributed by atoms with van der Waals surface area (Å²) >= 11 is 0. The van der Waals surface area contributed by atoms with Crippen LogP contribution in [-0.4, -0.2) is 90.3 Å². The van der Waals surface area contributed by atoms with E-state index in [1.165, 1.54) is 19.0 Å². The molecule has 1 aromatic rings. The molecule has 1 aromatic heterocycles. The molecule has 0 bridgehead atoms. The highest BCUT2D eigenvalue weighted by atomic mass is 35.5. The Balaban J connectivity index is 0.00000182. The van der Waals surface area contributed by atoms with Gasteiger partial charge in [-0.15, -0.1) is 24.8 Å². The Morgan fingerprint density at radius 2 is 2.04 bits per heavy atom. The molecule has 0 unspecified atom stereocenters. The molecule has 3 rings (SSSR count). The number of amides is 1. The SMILES string of the molecule is CN(C)S(=O)(=O)C[C@@H]1CN(C(=O)c2cn3c(n2)CCNCC3)C[C@H]1O.Cl.Cl. The molecule has 1 fully saturated rings. The number of nitrogens with one attached hydrogen (secondary N) is 1. The summed E-state index contributed by atoms with van der Waals surface area (Å²) in [5.74, 6) is -0.0332. The third-order valence-corrected chi connectivity index (χ3v) is 6.77. The Bertz CT molecular complexity index is 732. The first-order chi connectivity index (χ1) is 11.8. The normalized spacial score (nSPS) is 22.6. The lowest BCUT2D eigenvalue weighted by Gasteiger charge is -2.17. The van der Waals surface area contributed by atoms with E-state index in [1.54, 1.807) is 6.20 Å². The van der Waals surface area contributed by atoms with E-state index < -0.39 is 22.0 Å². The molecule has 27 heavy (non-hydrogen) atoms. The van der Waals surface area contributed by atoms with Gasteiger partial charge in [0, 0.05) is 65.4 Å². The fraction of sp³-hybridized carbons (Fsp3) is 0.733. The van der Waals surface area contributed by atoms with Crippen molar-refractivity contribution in [3.8, 4) is 0 Å². The van der Waals surface area contributed by atoms with Gasteiger partial charge < -0.3 is 19.9 Å². The summed E-state index contributed by atoms with van der Waals surface area (Å²) in [6, 6.07) is 0. The molecule has 9 nitrogen and oxygen atoms in total. The van der Waals surface area contributed by atoms with Crippen molar-refractivity contribution in [1.82, 2.24) is 24.1 Å². The average molecular weight is 444 g/mol. The molecule has 0 saturated carbocycles. The van der Waals surface area contributed by atoms with Crippen molar-refractivity contribution in [3.05, 3.63) is 17.7 Å². The second-order valence-corrected chi connectivity index (χ2v) is 9.06. The third-order valence-electron chi connectivity index (χ3n) is 4.81.